The third kappa shape index (κ3) is 3.45. The number of rotatable bonds is 3. The highest BCUT2D eigenvalue weighted by Gasteiger charge is 2.55. The van der Waals surface area contributed by atoms with E-state index < -0.39 is 6.17 Å². The third-order valence-corrected chi connectivity index (χ3v) is 8.83. The maximum atomic E-state index is 15.0. The van der Waals surface area contributed by atoms with Crippen molar-refractivity contribution in [1.29, 1.82) is 0 Å². The molecule has 0 heterocycles. The first-order chi connectivity index (χ1) is 14.5. The number of hydrogen-bond donors (Lipinski definition) is 1. The van der Waals surface area contributed by atoms with E-state index >= 15 is 4.39 Å². The van der Waals surface area contributed by atoms with Gasteiger partial charge in [-0.1, -0.05) is 35.0 Å². The van der Waals surface area contributed by atoms with Gasteiger partial charge in [0.05, 0.1) is 7.11 Å². The SMILES string of the molecule is COc1ccc2c(c1)CC[C@@H]1[C@@H]2CC[C@]2(C)[C@@H](Nc3cccc(Br)c3)C[C@@H](F)C[C@@H]12. The highest BCUT2D eigenvalue weighted by atomic mass is 79.9. The van der Waals surface area contributed by atoms with E-state index in [0.29, 0.717) is 24.2 Å². The average molecular weight is 472 g/mol. The molecule has 2 fully saturated rings. The Hall–Kier alpha value is -1.55. The Labute approximate surface area is 187 Å². The monoisotopic (exact) mass is 471 g/mol. The second-order valence-electron chi connectivity index (χ2n) is 9.80. The summed E-state index contributed by atoms with van der Waals surface area (Å²) in [6.45, 7) is 2.43. The minimum atomic E-state index is -0.719. The summed E-state index contributed by atoms with van der Waals surface area (Å²) in [7, 11) is 1.74. The largest absolute Gasteiger partial charge is 0.497 e. The molecule has 0 aliphatic heterocycles. The van der Waals surface area contributed by atoms with Crippen molar-refractivity contribution in [3.05, 3.63) is 58.1 Å². The lowest BCUT2D eigenvalue weighted by molar-refractivity contribution is -0.0400. The van der Waals surface area contributed by atoms with Crippen LogP contribution in [0.25, 0.3) is 0 Å². The highest BCUT2D eigenvalue weighted by molar-refractivity contribution is 9.10. The number of benzene rings is 2. The topological polar surface area (TPSA) is 21.3 Å². The number of aryl methyl sites for hydroxylation is 1. The lowest BCUT2D eigenvalue weighted by Gasteiger charge is -2.58. The lowest BCUT2D eigenvalue weighted by atomic mass is 9.49. The molecule has 6 atom stereocenters. The summed E-state index contributed by atoms with van der Waals surface area (Å²) in [5.74, 6) is 2.53. The molecule has 0 bridgehead atoms. The van der Waals surface area contributed by atoms with Crippen molar-refractivity contribution >= 4 is 21.6 Å². The normalized spacial score (nSPS) is 35.0. The molecule has 0 amide bonds. The molecule has 2 nitrogen and oxygen atoms in total. The van der Waals surface area contributed by atoms with E-state index in [0.717, 1.165) is 35.2 Å². The van der Waals surface area contributed by atoms with Gasteiger partial charge in [-0.05, 0) is 103 Å². The summed E-state index contributed by atoms with van der Waals surface area (Å²) >= 11 is 3.57. The Morgan fingerprint density at radius 1 is 1.13 bits per heavy atom. The molecule has 0 saturated heterocycles. The fourth-order valence-electron chi connectivity index (χ4n) is 6.81. The zero-order valence-electron chi connectivity index (χ0n) is 17.8. The molecule has 0 radical (unpaired) electrons. The van der Waals surface area contributed by atoms with Gasteiger partial charge in [-0.15, -0.1) is 0 Å². The van der Waals surface area contributed by atoms with Crippen molar-refractivity contribution in [2.75, 3.05) is 12.4 Å². The van der Waals surface area contributed by atoms with Crippen LogP contribution in [0.5, 0.6) is 5.75 Å². The first-order valence-corrected chi connectivity index (χ1v) is 12.1. The van der Waals surface area contributed by atoms with E-state index in [-0.39, 0.29) is 11.5 Å². The summed E-state index contributed by atoms with van der Waals surface area (Å²) in [6, 6.07) is 15.1. The van der Waals surface area contributed by atoms with Crippen LogP contribution in [0.1, 0.15) is 56.1 Å². The van der Waals surface area contributed by atoms with Crippen molar-refractivity contribution in [3.63, 3.8) is 0 Å². The van der Waals surface area contributed by atoms with E-state index in [9.17, 15) is 0 Å². The van der Waals surface area contributed by atoms with E-state index in [1.165, 1.54) is 24.0 Å². The average Bonchev–Trinajstić information content (AvgIpc) is 2.74. The van der Waals surface area contributed by atoms with E-state index in [4.69, 9.17) is 4.74 Å². The Kier molecular flexibility index (Phi) is 5.33. The maximum Gasteiger partial charge on any atom is 0.119 e. The minimum Gasteiger partial charge on any atom is -0.497 e. The smallest absolute Gasteiger partial charge is 0.119 e. The van der Waals surface area contributed by atoms with Crippen LogP contribution in [0.3, 0.4) is 0 Å². The molecule has 0 spiro atoms. The molecule has 2 aromatic rings. The second kappa shape index (κ2) is 7.85. The van der Waals surface area contributed by atoms with Gasteiger partial charge in [-0.3, -0.25) is 0 Å². The van der Waals surface area contributed by atoms with Crippen LogP contribution in [0.15, 0.2) is 46.9 Å². The number of hydrogen-bond acceptors (Lipinski definition) is 2. The van der Waals surface area contributed by atoms with Crippen molar-refractivity contribution < 1.29 is 9.13 Å². The number of methoxy groups -OCH3 is 1. The van der Waals surface area contributed by atoms with Gasteiger partial charge in [0.15, 0.2) is 0 Å². The molecule has 3 aliphatic carbocycles. The molecular formula is C26H31BrFNO. The molecule has 2 saturated carbocycles. The molecular weight excluding hydrogens is 441 g/mol. The lowest BCUT2D eigenvalue weighted by Crippen LogP contribution is -2.55. The van der Waals surface area contributed by atoms with Gasteiger partial charge in [0.2, 0.25) is 0 Å². The fraction of sp³-hybridized carbons (Fsp3) is 0.538. The molecule has 0 aromatic heterocycles. The van der Waals surface area contributed by atoms with Gasteiger partial charge in [-0.25, -0.2) is 4.39 Å². The van der Waals surface area contributed by atoms with Crippen LogP contribution in [-0.4, -0.2) is 19.3 Å². The van der Waals surface area contributed by atoms with Gasteiger partial charge < -0.3 is 10.1 Å². The van der Waals surface area contributed by atoms with Gasteiger partial charge in [0.1, 0.15) is 11.9 Å². The number of alkyl halides is 1. The Morgan fingerprint density at radius 2 is 2.00 bits per heavy atom. The summed E-state index contributed by atoms with van der Waals surface area (Å²) in [5, 5.41) is 3.74. The summed E-state index contributed by atoms with van der Waals surface area (Å²) < 4.78 is 21.6. The number of fused-ring (bicyclic) bond motifs is 5. The molecule has 5 rings (SSSR count). The van der Waals surface area contributed by atoms with E-state index in [1.807, 2.05) is 12.1 Å². The molecule has 3 aliphatic rings. The number of nitrogens with one attached hydrogen (secondary N) is 1. The number of ether oxygens (including phenoxy) is 1. The predicted octanol–water partition coefficient (Wildman–Crippen LogP) is 7.13. The van der Waals surface area contributed by atoms with E-state index in [2.05, 4.69) is 58.5 Å². The summed E-state index contributed by atoms with van der Waals surface area (Å²) in [4.78, 5) is 0. The van der Waals surface area contributed by atoms with Crippen molar-refractivity contribution in [2.24, 2.45) is 17.3 Å². The Morgan fingerprint density at radius 3 is 2.80 bits per heavy atom. The third-order valence-electron chi connectivity index (χ3n) is 8.33. The zero-order valence-corrected chi connectivity index (χ0v) is 19.4. The first kappa shape index (κ1) is 20.4. The van der Waals surface area contributed by atoms with E-state index in [1.54, 1.807) is 7.11 Å². The first-order valence-electron chi connectivity index (χ1n) is 11.3. The van der Waals surface area contributed by atoms with Crippen molar-refractivity contribution in [1.82, 2.24) is 0 Å². The van der Waals surface area contributed by atoms with Gasteiger partial charge in [0, 0.05) is 16.2 Å². The van der Waals surface area contributed by atoms with Crippen LogP contribution in [0.2, 0.25) is 0 Å². The Balaban J connectivity index is 1.44. The van der Waals surface area contributed by atoms with Crippen LogP contribution in [-0.2, 0) is 6.42 Å². The molecule has 2 aromatic carbocycles. The summed E-state index contributed by atoms with van der Waals surface area (Å²) in [6.07, 6.45) is 5.23. The second-order valence-corrected chi connectivity index (χ2v) is 10.7. The fourth-order valence-corrected chi connectivity index (χ4v) is 7.21. The van der Waals surface area contributed by atoms with Crippen LogP contribution < -0.4 is 10.1 Å². The molecule has 30 heavy (non-hydrogen) atoms. The molecule has 160 valence electrons. The molecule has 1 N–H and O–H groups in total. The number of anilines is 1. The van der Waals surface area contributed by atoms with Crippen molar-refractivity contribution in [2.45, 2.75) is 63.6 Å². The highest BCUT2D eigenvalue weighted by Crippen LogP contribution is 2.60. The zero-order chi connectivity index (χ0) is 20.9. The van der Waals surface area contributed by atoms with Crippen molar-refractivity contribution in [3.8, 4) is 5.75 Å². The predicted molar refractivity (Wildman–Crippen MR) is 124 cm³/mol. The standard InChI is InChI=1S/C26H31BrFNO/c1-26-11-10-22-21-9-7-20(30-2)12-16(21)6-8-23(22)24(26)14-18(28)15-25(26)29-19-5-3-4-17(27)13-19/h3-5,7,9,12-13,18,22-25,29H,6,8,10-11,14-15H2,1-2H3/t18-,22+,23+,24-,25-,26-/m0/s1. The van der Waals surface area contributed by atoms with Gasteiger partial charge in [0.25, 0.3) is 0 Å². The number of halogens is 2. The van der Waals surface area contributed by atoms with Gasteiger partial charge in [-0.2, -0.15) is 0 Å². The van der Waals surface area contributed by atoms with Crippen LogP contribution in [0, 0.1) is 17.3 Å². The van der Waals surface area contributed by atoms with Crippen LogP contribution >= 0.6 is 15.9 Å². The van der Waals surface area contributed by atoms with Crippen LogP contribution in [0.4, 0.5) is 10.1 Å². The molecule has 0 unspecified atom stereocenters. The maximum absolute atomic E-state index is 15.0. The minimum absolute atomic E-state index is 0.135. The molecule has 4 heteroatoms. The quantitative estimate of drug-likeness (QED) is 0.513. The Bertz CT molecular complexity index is 933. The summed E-state index contributed by atoms with van der Waals surface area (Å²) in [5.41, 5.74) is 4.16. The van der Waals surface area contributed by atoms with Gasteiger partial charge >= 0.3 is 0 Å².